The lowest BCUT2D eigenvalue weighted by molar-refractivity contribution is 0.0498. The van der Waals surface area contributed by atoms with Crippen molar-refractivity contribution in [3.63, 3.8) is 0 Å². The zero-order chi connectivity index (χ0) is 14.8. The number of carbonyl (C=O) groups is 1. The first-order valence-electron chi connectivity index (χ1n) is 7.26. The molecule has 2 aromatic carbocycles. The lowest BCUT2D eigenvalue weighted by Crippen LogP contribution is -2.06. The second kappa shape index (κ2) is 9.24. The molecule has 0 spiro atoms. The molecule has 2 nitrogen and oxygen atoms in total. The van der Waals surface area contributed by atoms with Crippen LogP contribution < -0.4 is 0 Å². The quantitative estimate of drug-likeness (QED) is 0.398. The molecule has 21 heavy (non-hydrogen) atoms. The van der Waals surface area contributed by atoms with Crippen molar-refractivity contribution in [3.05, 3.63) is 66.2 Å². The first kappa shape index (κ1) is 15.6. The van der Waals surface area contributed by atoms with Crippen molar-refractivity contribution in [3.8, 4) is 0 Å². The van der Waals surface area contributed by atoms with Gasteiger partial charge in [0.1, 0.15) is 0 Å². The molecule has 0 saturated carbocycles. The van der Waals surface area contributed by atoms with Crippen LogP contribution in [0, 0.1) is 0 Å². The molecule has 0 unspecified atom stereocenters. The number of hydrogen-bond donors (Lipinski definition) is 0. The topological polar surface area (TPSA) is 26.3 Å². The van der Waals surface area contributed by atoms with E-state index in [1.54, 1.807) is 12.1 Å². The maximum atomic E-state index is 11.7. The molecule has 0 amide bonds. The molecule has 0 aliphatic rings. The Hall–Kier alpha value is -1.74. The van der Waals surface area contributed by atoms with Crippen molar-refractivity contribution in [2.45, 2.75) is 24.2 Å². The van der Waals surface area contributed by atoms with E-state index < -0.39 is 0 Å². The maximum absolute atomic E-state index is 11.7. The standard InChI is InChI=1S/C18H20O2S/c19-18(16-10-4-1-5-11-16)20-14-8-3-9-15-21-17-12-6-2-7-13-17/h1-2,4-7,10-13H,3,8-9,14-15H2. The fourth-order valence-corrected chi connectivity index (χ4v) is 2.84. The zero-order valence-corrected chi connectivity index (χ0v) is 12.9. The Morgan fingerprint density at radius 3 is 2.24 bits per heavy atom. The molecule has 0 N–H and O–H groups in total. The van der Waals surface area contributed by atoms with Gasteiger partial charge in [0, 0.05) is 4.90 Å². The Morgan fingerprint density at radius 2 is 1.52 bits per heavy atom. The minimum atomic E-state index is -0.228. The predicted octanol–water partition coefficient (Wildman–Crippen LogP) is 4.81. The maximum Gasteiger partial charge on any atom is 0.338 e. The van der Waals surface area contributed by atoms with Gasteiger partial charge >= 0.3 is 5.97 Å². The number of thioether (sulfide) groups is 1. The van der Waals surface area contributed by atoms with Gasteiger partial charge in [-0.3, -0.25) is 0 Å². The van der Waals surface area contributed by atoms with Gasteiger partial charge in [0.05, 0.1) is 12.2 Å². The number of hydrogen-bond acceptors (Lipinski definition) is 3. The van der Waals surface area contributed by atoms with Crippen LogP contribution in [0.1, 0.15) is 29.6 Å². The highest BCUT2D eigenvalue weighted by molar-refractivity contribution is 7.99. The first-order chi connectivity index (χ1) is 10.4. The summed E-state index contributed by atoms with van der Waals surface area (Å²) in [6, 6.07) is 19.5. The van der Waals surface area contributed by atoms with Crippen molar-refractivity contribution in [2.24, 2.45) is 0 Å². The van der Waals surface area contributed by atoms with E-state index in [1.165, 1.54) is 4.90 Å². The highest BCUT2D eigenvalue weighted by atomic mass is 32.2. The summed E-state index contributed by atoms with van der Waals surface area (Å²) in [6.07, 6.45) is 3.15. The van der Waals surface area contributed by atoms with Gasteiger partial charge in [0.25, 0.3) is 0 Å². The number of esters is 1. The SMILES string of the molecule is O=C(OCCCCCSc1ccccc1)c1ccccc1. The third-order valence-electron chi connectivity index (χ3n) is 3.04. The molecule has 0 aliphatic heterocycles. The number of carbonyl (C=O) groups excluding carboxylic acids is 1. The fourth-order valence-electron chi connectivity index (χ4n) is 1.91. The van der Waals surface area contributed by atoms with Gasteiger partial charge in [0.15, 0.2) is 0 Å². The summed E-state index contributed by atoms with van der Waals surface area (Å²) in [4.78, 5) is 13.0. The minimum Gasteiger partial charge on any atom is -0.462 e. The molecule has 0 aromatic heterocycles. The third kappa shape index (κ3) is 6.05. The van der Waals surface area contributed by atoms with E-state index in [9.17, 15) is 4.79 Å². The van der Waals surface area contributed by atoms with E-state index in [0.717, 1.165) is 25.0 Å². The number of ether oxygens (including phenoxy) is 1. The molecular formula is C18H20O2S. The molecule has 110 valence electrons. The first-order valence-corrected chi connectivity index (χ1v) is 8.25. The van der Waals surface area contributed by atoms with Crippen LogP contribution in [0.15, 0.2) is 65.6 Å². The highest BCUT2D eigenvalue weighted by Crippen LogP contribution is 2.18. The predicted molar refractivity (Wildman–Crippen MR) is 87.7 cm³/mol. The fraction of sp³-hybridized carbons (Fsp3) is 0.278. The summed E-state index contributed by atoms with van der Waals surface area (Å²) in [5.41, 5.74) is 0.622. The molecule has 0 fully saturated rings. The largest absolute Gasteiger partial charge is 0.462 e. The van der Waals surface area contributed by atoms with Crippen LogP contribution in [-0.2, 0) is 4.74 Å². The molecule has 0 aliphatic carbocycles. The van der Waals surface area contributed by atoms with Crippen LogP contribution in [0.4, 0.5) is 0 Å². The Kier molecular flexibility index (Phi) is 6.89. The van der Waals surface area contributed by atoms with Gasteiger partial charge in [-0.15, -0.1) is 11.8 Å². The van der Waals surface area contributed by atoms with Crippen molar-refractivity contribution in [1.29, 1.82) is 0 Å². The van der Waals surface area contributed by atoms with Crippen LogP contribution in [0.2, 0.25) is 0 Å². The average molecular weight is 300 g/mol. The Morgan fingerprint density at radius 1 is 0.857 bits per heavy atom. The number of unbranched alkanes of at least 4 members (excludes halogenated alkanes) is 2. The Labute approximate surface area is 130 Å². The zero-order valence-electron chi connectivity index (χ0n) is 12.0. The van der Waals surface area contributed by atoms with Crippen LogP contribution >= 0.6 is 11.8 Å². The highest BCUT2D eigenvalue weighted by Gasteiger charge is 2.04. The summed E-state index contributed by atoms with van der Waals surface area (Å²) < 4.78 is 5.25. The van der Waals surface area contributed by atoms with Gasteiger partial charge in [-0.25, -0.2) is 4.79 Å². The van der Waals surface area contributed by atoms with E-state index in [-0.39, 0.29) is 5.97 Å². The van der Waals surface area contributed by atoms with E-state index >= 15 is 0 Å². The van der Waals surface area contributed by atoms with Crippen LogP contribution in [0.5, 0.6) is 0 Å². The molecule has 2 aromatic rings. The minimum absolute atomic E-state index is 0.228. The van der Waals surface area contributed by atoms with E-state index in [4.69, 9.17) is 4.74 Å². The second-order valence-corrected chi connectivity index (χ2v) is 5.89. The van der Waals surface area contributed by atoms with E-state index in [1.807, 2.05) is 36.0 Å². The smallest absolute Gasteiger partial charge is 0.338 e. The summed E-state index contributed by atoms with van der Waals surface area (Å²) in [5, 5.41) is 0. The molecule has 3 heteroatoms. The summed E-state index contributed by atoms with van der Waals surface area (Å²) in [6.45, 7) is 0.504. The van der Waals surface area contributed by atoms with Crippen molar-refractivity contribution in [2.75, 3.05) is 12.4 Å². The average Bonchev–Trinajstić information content (AvgIpc) is 2.55. The monoisotopic (exact) mass is 300 g/mol. The Balaban J connectivity index is 1.51. The van der Waals surface area contributed by atoms with Crippen molar-refractivity contribution < 1.29 is 9.53 Å². The lowest BCUT2D eigenvalue weighted by atomic mass is 10.2. The third-order valence-corrected chi connectivity index (χ3v) is 4.14. The lowest BCUT2D eigenvalue weighted by Gasteiger charge is -2.05. The number of benzene rings is 2. The summed E-state index contributed by atoms with van der Waals surface area (Å²) >= 11 is 1.87. The number of rotatable bonds is 8. The van der Waals surface area contributed by atoms with Gasteiger partial charge in [-0.1, -0.05) is 36.4 Å². The molecule has 0 radical (unpaired) electrons. The molecule has 2 rings (SSSR count). The van der Waals surface area contributed by atoms with E-state index in [0.29, 0.717) is 12.2 Å². The van der Waals surface area contributed by atoms with Gasteiger partial charge < -0.3 is 4.74 Å². The Bertz CT molecular complexity index is 525. The normalized spacial score (nSPS) is 10.3. The van der Waals surface area contributed by atoms with Crippen LogP contribution in [-0.4, -0.2) is 18.3 Å². The van der Waals surface area contributed by atoms with Gasteiger partial charge in [-0.05, 0) is 49.3 Å². The molecule has 0 heterocycles. The van der Waals surface area contributed by atoms with E-state index in [2.05, 4.69) is 24.3 Å². The summed E-state index contributed by atoms with van der Waals surface area (Å²) in [7, 11) is 0. The second-order valence-electron chi connectivity index (χ2n) is 4.72. The van der Waals surface area contributed by atoms with Crippen molar-refractivity contribution in [1.82, 2.24) is 0 Å². The molecular weight excluding hydrogens is 280 g/mol. The molecule has 0 saturated heterocycles. The summed E-state index contributed by atoms with van der Waals surface area (Å²) in [5.74, 6) is 0.880. The van der Waals surface area contributed by atoms with Crippen molar-refractivity contribution >= 4 is 17.7 Å². The van der Waals surface area contributed by atoms with Gasteiger partial charge in [0.2, 0.25) is 0 Å². The van der Waals surface area contributed by atoms with Crippen LogP contribution in [0.25, 0.3) is 0 Å². The van der Waals surface area contributed by atoms with Crippen LogP contribution in [0.3, 0.4) is 0 Å². The van der Waals surface area contributed by atoms with Gasteiger partial charge in [-0.2, -0.15) is 0 Å². The molecule has 0 atom stereocenters. The molecule has 0 bridgehead atoms.